The maximum absolute atomic E-state index is 12.9. The van der Waals surface area contributed by atoms with Crippen molar-refractivity contribution in [2.75, 3.05) is 31.4 Å². The van der Waals surface area contributed by atoms with Crippen molar-refractivity contribution in [3.63, 3.8) is 0 Å². The quantitative estimate of drug-likeness (QED) is 0.227. The molecule has 2 N–H and O–H groups in total. The Morgan fingerprint density at radius 3 is 2.05 bits per heavy atom. The van der Waals surface area contributed by atoms with Crippen LogP contribution in [0.2, 0.25) is 0 Å². The molecule has 2 aromatic heterocycles. The van der Waals surface area contributed by atoms with Gasteiger partial charge in [0.25, 0.3) is 10.0 Å². The molecular formula is C27H24N6O5S2. The van der Waals surface area contributed by atoms with Gasteiger partial charge < -0.3 is 19.5 Å². The summed E-state index contributed by atoms with van der Waals surface area (Å²) in [5.41, 5.74) is 3.29. The number of hydrogen-bond donors (Lipinski definition) is 2. The number of methoxy groups -OCH3 is 3. The SMILES string of the molecule is COc1cc(Nc2cncc(-c3ccc(NS(=O)(=O)c4ccc(-c5cnns5)cc4)cc3)n2)cc(OC)c1OC. The second-order valence-electron chi connectivity index (χ2n) is 8.32. The van der Waals surface area contributed by atoms with E-state index in [4.69, 9.17) is 14.2 Å². The summed E-state index contributed by atoms with van der Waals surface area (Å²) in [6.07, 6.45) is 4.85. The smallest absolute Gasteiger partial charge is 0.261 e. The summed E-state index contributed by atoms with van der Waals surface area (Å²) in [6.45, 7) is 0. The first kappa shape index (κ1) is 26.8. The van der Waals surface area contributed by atoms with Gasteiger partial charge in [-0.05, 0) is 41.4 Å². The number of rotatable bonds is 10. The summed E-state index contributed by atoms with van der Waals surface area (Å²) in [5, 5.41) is 7.01. The molecule has 0 atom stereocenters. The van der Waals surface area contributed by atoms with Gasteiger partial charge in [-0.15, -0.1) is 5.10 Å². The zero-order valence-electron chi connectivity index (χ0n) is 21.7. The summed E-state index contributed by atoms with van der Waals surface area (Å²) in [7, 11) is 0.850. The molecule has 11 nitrogen and oxygen atoms in total. The number of nitrogens with one attached hydrogen (secondary N) is 2. The summed E-state index contributed by atoms with van der Waals surface area (Å²) in [4.78, 5) is 9.94. The highest BCUT2D eigenvalue weighted by Crippen LogP contribution is 2.40. The van der Waals surface area contributed by atoms with Crippen LogP contribution in [0.4, 0.5) is 17.2 Å². The van der Waals surface area contributed by atoms with Crippen LogP contribution >= 0.6 is 11.5 Å². The molecule has 0 fully saturated rings. The lowest BCUT2D eigenvalue weighted by Crippen LogP contribution is -2.12. The summed E-state index contributed by atoms with van der Waals surface area (Å²) < 4.78 is 48.5. The number of aromatic nitrogens is 4. The van der Waals surface area contributed by atoms with Crippen LogP contribution in [-0.2, 0) is 10.0 Å². The summed E-state index contributed by atoms with van der Waals surface area (Å²) >= 11 is 1.24. The van der Waals surface area contributed by atoms with E-state index in [0.29, 0.717) is 40.1 Å². The minimum atomic E-state index is -3.78. The van der Waals surface area contributed by atoms with Gasteiger partial charge in [-0.2, -0.15) is 0 Å². The molecular weight excluding hydrogens is 552 g/mol. The van der Waals surface area contributed by atoms with Gasteiger partial charge in [0.1, 0.15) is 5.82 Å². The monoisotopic (exact) mass is 576 g/mol. The van der Waals surface area contributed by atoms with E-state index in [2.05, 4.69) is 29.6 Å². The molecule has 13 heteroatoms. The average molecular weight is 577 g/mol. The third-order valence-corrected chi connectivity index (χ3v) is 7.93. The standard InChI is InChI=1S/C27H24N6O5S2/c1-36-23-12-20(13-24(37-2)27(23)38-3)30-26-16-28-14-22(31-26)17-4-8-19(9-5-17)32-40(34,35)21-10-6-18(7-11-21)25-15-29-33-39-25/h4-16,32H,1-3H3,(H,30,31). The zero-order valence-corrected chi connectivity index (χ0v) is 23.3. The molecule has 0 unspecified atom stereocenters. The van der Waals surface area contributed by atoms with Crippen LogP contribution in [0.5, 0.6) is 17.2 Å². The number of anilines is 3. The van der Waals surface area contributed by atoms with Crippen molar-refractivity contribution in [1.82, 2.24) is 19.6 Å². The molecule has 5 rings (SSSR count). The predicted molar refractivity (Wildman–Crippen MR) is 153 cm³/mol. The number of benzene rings is 3. The fraction of sp³-hybridized carbons (Fsp3) is 0.111. The van der Waals surface area contributed by atoms with Crippen LogP contribution in [0.15, 0.2) is 84.1 Å². The predicted octanol–water partition coefficient (Wildman–Crippen LogP) is 5.23. The van der Waals surface area contributed by atoms with E-state index in [9.17, 15) is 8.42 Å². The molecule has 0 saturated carbocycles. The van der Waals surface area contributed by atoms with Crippen molar-refractivity contribution in [3.05, 3.63) is 79.3 Å². The topological polar surface area (TPSA) is 137 Å². The maximum atomic E-state index is 12.9. The molecule has 204 valence electrons. The van der Waals surface area contributed by atoms with Gasteiger partial charge in [-0.1, -0.05) is 28.8 Å². The molecule has 40 heavy (non-hydrogen) atoms. The Morgan fingerprint density at radius 2 is 1.45 bits per heavy atom. The van der Waals surface area contributed by atoms with Crippen LogP contribution in [0, 0.1) is 0 Å². The van der Waals surface area contributed by atoms with E-state index in [1.807, 2.05) is 0 Å². The largest absolute Gasteiger partial charge is 0.493 e. The van der Waals surface area contributed by atoms with Gasteiger partial charge in [0.15, 0.2) is 11.5 Å². The molecule has 2 heterocycles. The molecule has 0 aliphatic carbocycles. The van der Waals surface area contributed by atoms with E-state index in [-0.39, 0.29) is 4.90 Å². The fourth-order valence-corrected chi connectivity index (χ4v) is 5.46. The van der Waals surface area contributed by atoms with Gasteiger partial charge in [0.05, 0.1) is 55.4 Å². The van der Waals surface area contributed by atoms with Crippen LogP contribution in [-0.4, -0.2) is 49.3 Å². The van der Waals surface area contributed by atoms with Gasteiger partial charge in [-0.3, -0.25) is 9.71 Å². The van der Waals surface area contributed by atoms with Gasteiger partial charge in [0, 0.05) is 29.1 Å². The van der Waals surface area contributed by atoms with Gasteiger partial charge in [-0.25, -0.2) is 13.4 Å². The van der Waals surface area contributed by atoms with Crippen LogP contribution in [0.1, 0.15) is 0 Å². The summed E-state index contributed by atoms with van der Waals surface area (Å²) in [5.74, 6) is 1.98. The van der Waals surface area contributed by atoms with E-state index < -0.39 is 10.0 Å². The second kappa shape index (κ2) is 11.6. The number of hydrogen-bond acceptors (Lipinski definition) is 11. The van der Waals surface area contributed by atoms with Crippen molar-refractivity contribution >= 4 is 38.7 Å². The fourth-order valence-electron chi connectivity index (χ4n) is 3.88. The molecule has 0 amide bonds. The van der Waals surface area contributed by atoms with E-state index in [0.717, 1.165) is 16.0 Å². The van der Waals surface area contributed by atoms with E-state index in [1.54, 1.807) is 101 Å². The van der Waals surface area contributed by atoms with Crippen molar-refractivity contribution in [3.8, 4) is 38.9 Å². The molecule has 0 aliphatic heterocycles. The first-order valence-electron chi connectivity index (χ1n) is 11.8. The molecule has 0 saturated heterocycles. The molecule has 3 aromatic carbocycles. The Labute approximate surface area is 235 Å². The van der Waals surface area contributed by atoms with Crippen molar-refractivity contribution in [2.24, 2.45) is 0 Å². The Kier molecular flexibility index (Phi) is 7.75. The Bertz CT molecular complexity index is 1690. The maximum Gasteiger partial charge on any atom is 0.261 e. The van der Waals surface area contributed by atoms with Crippen molar-refractivity contribution in [2.45, 2.75) is 4.90 Å². The van der Waals surface area contributed by atoms with Gasteiger partial charge in [0.2, 0.25) is 5.75 Å². The third kappa shape index (κ3) is 5.80. The number of sulfonamides is 1. The first-order valence-corrected chi connectivity index (χ1v) is 14.1. The lowest BCUT2D eigenvalue weighted by Gasteiger charge is -2.15. The summed E-state index contributed by atoms with van der Waals surface area (Å²) in [6, 6.07) is 17.0. The Balaban J connectivity index is 1.31. The lowest BCUT2D eigenvalue weighted by molar-refractivity contribution is 0.324. The highest BCUT2D eigenvalue weighted by molar-refractivity contribution is 7.92. The third-order valence-electron chi connectivity index (χ3n) is 5.81. The zero-order chi connectivity index (χ0) is 28.1. The Morgan fingerprint density at radius 1 is 0.775 bits per heavy atom. The minimum absolute atomic E-state index is 0.147. The highest BCUT2D eigenvalue weighted by atomic mass is 32.2. The number of ether oxygens (including phenoxy) is 3. The normalized spacial score (nSPS) is 11.1. The van der Waals surface area contributed by atoms with Crippen LogP contribution < -0.4 is 24.2 Å². The molecule has 5 aromatic rings. The Hall–Kier alpha value is -4.75. The van der Waals surface area contributed by atoms with E-state index in [1.165, 1.54) is 11.5 Å². The lowest BCUT2D eigenvalue weighted by atomic mass is 10.1. The second-order valence-corrected chi connectivity index (χ2v) is 10.8. The molecule has 0 spiro atoms. The molecule has 0 aliphatic rings. The van der Waals surface area contributed by atoms with Crippen LogP contribution in [0.3, 0.4) is 0 Å². The van der Waals surface area contributed by atoms with Gasteiger partial charge >= 0.3 is 0 Å². The molecule has 0 bridgehead atoms. The van der Waals surface area contributed by atoms with Crippen molar-refractivity contribution < 1.29 is 22.6 Å². The van der Waals surface area contributed by atoms with Crippen molar-refractivity contribution in [1.29, 1.82) is 0 Å². The first-order chi connectivity index (χ1) is 19.4. The molecule has 0 radical (unpaired) electrons. The minimum Gasteiger partial charge on any atom is -0.493 e. The average Bonchev–Trinajstić information content (AvgIpc) is 3.52. The number of nitrogens with zero attached hydrogens (tertiary/aromatic N) is 4. The van der Waals surface area contributed by atoms with Crippen LogP contribution in [0.25, 0.3) is 21.7 Å². The van der Waals surface area contributed by atoms with E-state index >= 15 is 0 Å². The highest BCUT2D eigenvalue weighted by Gasteiger charge is 2.16.